The first-order valence-corrected chi connectivity index (χ1v) is 9.51. The fraction of sp³-hybridized carbons (Fsp3) is 0.692. The quantitative estimate of drug-likeness (QED) is 0.716. The normalized spacial score (nSPS) is 16.7. The van der Waals surface area contributed by atoms with E-state index in [9.17, 15) is 8.42 Å². The van der Waals surface area contributed by atoms with Crippen LogP contribution in [-0.4, -0.2) is 46.0 Å². The molecule has 1 aromatic heterocycles. The Morgan fingerprint density at radius 2 is 2.10 bits per heavy atom. The zero-order valence-corrected chi connectivity index (χ0v) is 14.6. The number of furan rings is 1. The topological polar surface area (TPSA) is 74.6 Å². The molecule has 6 nitrogen and oxygen atoms in total. The lowest BCUT2D eigenvalue weighted by molar-refractivity contribution is 0.344. The minimum absolute atomic E-state index is 0.164. The zero-order chi connectivity index (χ0) is 15.3. The third-order valence-electron chi connectivity index (χ3n) is 3.46. The summed E-state index contributed by atoms with van der Waals surface area (Å²) in [5, 5.41) is 3.10. The van der Waals surface area contributed by atoms with Crippen molar-refractivity contribution >= 4 is 26.0 Å². The number of nitrogens with zero attached hydrogens (tertiary/aromatic N) is 1. The molecule has 0 bridgehead atoms. The number of hydrogen-bond donors (Lipinski definition) is 2. The Morgan fingerprint density at radius 1 is 1.38 bits per heavy atom. The standard InChI is InChI=1S/C13H22BrN3O3S/c1-2-15-10-11-9-12(13(14)20-11)21(18,19)16-5-8-17-6-3-4-7-17/h9,15-16H,2-8,10H2,1H3. The maximum atomic E-state index is 12.3. The van der Waals surface area contributed by atoms with Crippen LogP contribution in [0.3, 0.4) is 0 Å². The average Bonchev–Trinajstić information content (AvgIpc) is 3.06. The van der Waals surface area contributed by atoms with Gasteiger partial charge in [0.05, 0.1) is 6.54 Å². The summed E-state index contributed by atoms with van der Waals surface area (Å²) < 4.78 is 32.8. The van der Waals surface area contributed by atoms with Crippen LogP contribution in [0.4, 0.5) is 0 Å². The molecule has 0 saturated carbocycles. The molecule has 2 N–H and O–H groups in total. The molecule has 0 atom stereocenters. The summed E-state index contributed by atoms with van der Waals surface area (Å²) in [6.07, 6.45) is 2.40. The highest BCUT2D eigenvalue weighted by atomic mass is 79.9. The molecule has 0 aromatic carbocycles. The molecule has 0 radical (unpaired) electrons. The van der Waals surface area contributed by atoms with E-state index in [0.717, 1.165) is 26.2 Å². The summed E-state index contributed by atoms with van der Waals surface area (Å²) in [7, 11) is -3.53. The second-order valence-corrected chi connectivity index (χ2v) is 7.53. The molecule has 1 aromatic rings. The van der Waals surface area contributed by atoms with E-state index in [1.807, 2.05) is 6.92 Å². The zero-order valence-electron chi connectivity index (χ0n) is 12.2. The van der Waals surface area contributed by atoms with Gasteiger partial charge in [0.1, 0.15) is 10.7 Å². The summed E-state index contributed by atoms with van der Waals surface area (Å²) in [4.78, 5) is 2.43. The first kappa shape index (κ1) is 17.0. The predicted octanol–water partition coefficient (Wildman–Crippen LogP) is 1.53. The van der Waals surface area contributed by atoms with E-state index in [4.69, 9.17) is 4.42 Å². The van der Waals surface area contributed by atoms with Crippen molar-refractivity contribution in [3.63, 3.8) is 0 Å². The molecule has 1 aliphatic heterocycles. The van der Waals surface area contributed by atoms with E-state index in [1.54, 1.807) is 6.07 Å². The monoisotopic (exact) mass is 379 g/mol. The first-order chi connectivity index (χ1) is 10.0. The van der Waals surface area contributed by atoms with E-state index in [-0.39, 0.29) is 9.56 Å². The third-order valence-corrected chi connectivity index (χ3v) is 5.78. The molecule has 0 amide bonds. The van der Waals surface area contributed by atoms with E-state index in [1.165, 1.54) is 12.8 Å². The molecule has 8 heteroatoms. The van der Waals surface area contributed by atoms with Gasteiger partial charge in [-0.1, -0.05) is 6.92 Å². The van der Waals surface area contributed by atoms with Gasteiger partial charge < -0.3 is 14.6 Å². The molecule has 2 heterocycles. The molecular formula is C13H22BrN3O3S. The lowest BCUT2D eigenvalue weighted by Gasteiger charge is -2.14. The number of halogens is 1. The van der Waals surface area contributed by atoms with E-state index in [2.05, 4.69) is 30.9 Å². The van der Waals surface area contributed by atoms with Crippen LogP contribution >= 0.6 is 15.9 Å². The van der Waals surface area contributed by atoms with Crippen molar-refractivity contribution in [1.29, 1.82) is 0 Å². The molecular weight excluding hydrogens is 358 g/mol. The molecule has 1 fully saturated rings. The van der Waals surface area contributed by atoms with Gasteiger partial charge in [-0.25, -0.2) is 13.1 Å². The SMILES string of the molecule is CCNCc1cc(S(=O)(=O)NCCN2CCCC2)c(Br)o1. The summed E-state index contributed by atoms with van der Waals surface area (Å²) >= 11 is 3.18. The second kappa shape index (κ2) is 7.73. The Labute approximate surface area is 134 Å². The number of rotatable bonds is 8. The van der Waals surface area contributed by atoms with E-state index in [0.29, 0.717) is 18.8 Å². The van der Waals surface area contributed by atoms with Gasteiger partial charge in [0.2, 0.25) is 10.0 Å². The van der Waals surface area contributed by atoms with Crippen LogP contribution < -0.4 is 10.0 Å². The number of sulfonamides is 1. The Hall–Kier alpha value is -0.410. The summed E-state index contributed by atoms with van der Waals surface area (Å²) in [5.74, 6) is 0.601. The Bertz CT molecular complexity index is 553. The lowest BCUT2D eigenvalue weighted by Crippen LogP contribution is -2.33. The Morgan fingerprint density at radius 3 is 2.76 bits per heavy atom. The van der Waals surface area contributed by atoms with Crippen LogP contribution in [0.15, 0.2) is 20.0 Å². The van der Waals surface area contributed by atoms with Crippen molar-refractivity contribution < 1.29 is 12.8 Å². The van der Waals surface area contributed by atoms with Gasteiger partial charge in [-0.2, -0.15) is 0 Å². The Kier molecular flexibility index (Phi) is 6.24. The molecule has 21 heavy (non-hydrogen) atoms. The average molecular weight is 380 g/mol. The van der Waals surface area contributed by atoms with Crippen LogP contribution in [-0.2, 0) is 16.6 Å². The molecule has 1 aliphatic rings. The van der Waals surface area contributed by atoms with Crippen LogP contribution in [0.1, 0.15) is 25.5 Å². The van der Waals surface area contributed by atoms with E-state index < -0.39 is 10.0 Å². The smallest absolute Gasteiger partial charge is 0.245 e. The maximum absolute atomic E-state index is 12.3. The van der Waals surface area contributed by atoms with Gasteiger partial charge in [-0.15, -0.1) is 0 Å². The summed E-state index contributed by atoms with van der Waals surface area (Å²) in [6.45, 7) is 6.58. The highest BCUT2D eigenvalue weighted by Gasteiger charge is 2.22. The number of hydrogen-bond acceptors (Lipinski definition) is 5. The second-order valence-electron chi connectivity index (χ2n) is 5.08. The molecule has 0 spiro atoms. The minimum atomic E-state index is -3.53. The fourth-order valence-corrected chi connectivity index (χ4v) is 4.36. The van der Waals surface area contributed by atoms with Crippen molar-refractivity contribution in [1.82, 2.24) is 14.9 Å². The fourth-order valence-electron chi connectivity index (χ4n) is 2.34. The van der Waals surface area contributed by atoms with Crippen LogP contribution in [0.5, 0.6) is 0 Å². The highest BCUT2D eigenvalue weighted by molar-refractivity contribution is 9.10. The maximum Gasteiger partial charge on any atom is 0.245 e. The van der Waals surface area contributed by atoms with Crippen LogP contribution in [0.25, 0.3) is 0 Å². The number of nitrogens with one attached hydrogen (secondary N) is 2. The lowest BCUT2D eigenvalue weighted by atomic mass is 10.4. The van der Waals surface area contributed by atoms with Crippen LogP contribution in [0.2, 0.25) is 0 Å². The van der Waals surface area contributed by atoms with Crippen molar-refractivity contribution in [3.05, 3.63) is 16.5 Å². The van der Waals surface area contributed by atoms with Crippen molar-refractivity contribution in [2.75, 3.05) is 32.7 Å². The van der Waals surface area contributed by atoms with Gasteiger partial charge in [-0.3, -0.25) is 0 Å². The highest BCUT2D eigenvalue weighted by Crippen LogP contribution is 2.25. The summed E-state index contributed by atoms with van der Waals surface area (Å²) in [5.41, 5.74) is 0. The first-order valence-electron chi connectivity index (χ1n) is 7.24. The molecule has 0 aliphatic carbocycles. The predicted molar refractivity (Wildman–Crippen MR) is 84.7 cm³/mol. The van der Waals surface area contributed by atoms with Crippen molar-refractivity contribution in [3.8, 4) is 0 Å². The third kappa shape index (κ3) is 4.79. The van der Waals surface area contributed by atoms with Crippen LogP contribution in [0, 0.1) is 0 Å². The molecule has 2 rings (SSSR count). The molecule has 0 unspecified atom stereocenters. The largest absolute Gasteiger partial charge is 0.452 e. The van der Waals surface area contributed by atoms with Crippen molar-refractivity contribution in [2.45, 2.75) is 31.2 Å². The molecule has 120 valence electrons. The van der Waals surface area contributed by atoms with E-state index >= 15 is 0 Å². The van der Waals surface area contributed by atoms with Gasteiger partial charge in [0.25, 0.3) is 0 Å². The molecule has 1 saturated heterocycles. The van der Waals surface area contributed by atoms with Gasteiger partial charge in [0, 0.05) is 19.2 Å². The Balaban J connectivity index is 1.93. The van der Waals surface area contributed by atoms with Gasteiger partial charge >= 0.3 is 0 Å². The number of likely N-dealkylation sites (tertiary alicyclic amines) is 1. The summed E-state index contributed by atoms with van der Waals surface area (Å²) in [6, 6.07) is 1.56. The van der Waals surface area contributed by atoms with Gasteiger partial charge in [-0.05, 0) is 48.4 Å². The minimum Gasteiger partial charge on any atom is -0.452 e. The van der Waals surface area contributed by atoms with Crippen molar-refractivity contribution in [2.24, 2.45) is 0 Å². The van der Waals surface area contributed by atoms with Gasteiger partial charge in [0.15, 0.2) is 4.67 Å².